The highest BCUT2D eigenvalue weighted by molar-refractivity contribution is 6.37. The van der Waals surface area contributed by atoms with Crippen molar-refractivity contribution in [1.82, 2.24) is 4.90 Å². The Morgan fingerprint density at radius 1 is 0.943 bits per heavy atom. The van der Waals surface area contributed by atoms with Crippen LogP contribution in [0.2, 0.25) is 10.0 Å². The summed E-state index contributed by atoms with van der Waals surface area (Å²) in [5.41, 5.74) is 3.69. The van der Waals surface area contributed by atoms with Crippen molar-refractivity contribution in [1.29, 1.82) is 0 Å². The first-order valence-corrected chi connectivity index (χ1v) is 12.5. The van der Waals surface area contributed by atoms with Crippen LogP contribution in [0.25, 0.3) is 0 Å². The highest BCUT2D eigenvalue weighted by Gasteiger charge is 2.46. The van der Waals surface area contributed by atoms with E-state index in [1.54, 1.807) is 32.4 Å². The lowest BCUT2D eigenvalue weighted by molar-refractivity contribution is 0.0975. The number of ether oxygens (including phenoxy) is 2. The standard InChI is InChI=1S/C28H28Cl2N2O3/c1-34-21-5-3-4-19(14-21)17-31-12-10-28(11-13-31)18-32(26-9-7-22(35-2)16-24(26)28)27(33)23-8-6-20(29)15-25(23)30/h3-9,14-16H,10-13,17-18H2,1-2H3. The molecule has 3 aromatic rings. The molecule has 2 aliphatic heterocycles. The van der Waals surface area contributed by atoms with Crippen LogP contribution in [0, 0.1) is 0 Å². The number of likely N-dealkylation sites (tertiary alicyclic amines) is 1. The quantitative estimate of drug-likeness (QED) is 0.409. The topological polar surface area (TPSA) is 42.0 Å². The van der Waals surface area contributed by atoms with Crippen molar-refractivity contribution in [2.24, 2.45) is 0 Å². The molecule has 0 radical (unpaired) electrons. The largest absolute Gasteiger partial charge is 0.497 e. The number of hydrogen-bond acceptors (Lipinski definition) is 4. The van der Waals surface area contributed by atoms with Crippen molar-refractivity contribution in [3.05, 3.63) is 87.4 Å². The molecule has 1 amide bonds. The molecule has 2 aliphatic rings. The molecule has 0 N–H and O–H groups in total. The van der Waals surface area contributed by atoms with Crippen molar-refractivity contribution in [2.45, 2.75) is 24.8 Å². The molecule has 3 aromatic carbocycles. The van der Waals surface area contributed by atoms with E-state index in [0.717, 1.165) is 49.7 Å². The van der Waals surface area contributed by atoms with Crippen LogP contribution in [0.15, 0.2) is 60.7 Å². The number of amides is 1. The zero-order valence-corrected chi connectivity index (χ0v) is 21.4. The molecular formula is C28H28Cl2N2O3. The van der Waals surface area contributed by atoms with Gasteiger partial charge in [-0.3, -0.25) is 9.69 Å². The normalized spacial score (nSPS) is 16.9. The molecular weight excluding hydrogens is 483 g/mol. The predicted molar refractivity (Wildman–Crippen MR) is 140 cm³/mol. The van der Waals surface area contributed by atoms with Crippen molar-refractivity contribution in [3.8, 4) is 11.5 Å². The zero-order chi connectivity index (χ0) is 24.6. The number of halogens is 2. The van der Waals surface area contributed by atoms with Gasteiger partial charge in [-0.25, -0.2) is 0 Å². The molecule has 5 nitrogen and oxygen atoms in total. The second-order valence-corrected chi connectivity index (χ2v) is 10.2. The van der Waals surface area contributed by atoms with Crippen molar-refractivity contribution >= 4 is 34.8 Å². The number of rotatable bonds is 5. The van der Waals surface area contributed by atoms with Gasteiger partial charge in [-0.2, -0.15) is 0 Å². The van der Waals surface area contributed by atoms with Gasteiger partial charge in [0.25, 0.3) is 5.91 Å². The first-order valence-electron chi connectivity index (χ1n) is 11.7. The smallest absolute Gasteiger partial charge is 0.259 e. The van der Waals surface area contributed by atoms with Gasteiger partial charge in [0.2, 0.25) is 0 Å². The van der Waals surface area contributed by atoms with E-state index < -0.39 is 0 Å². The van der Waals surface area contributed by atoms with Crippen LogP contribution in [0.3, 0.4) is 0 Å². The Bertz CT molecular complexity index is 1250. The lowest BCUT2D eigenvalue weighted by atomic mass is 9.74. The van der Waals surface area contributed by atoms with E-state index >= 15 is 0 Å². The molecule has 0 aromatic heterocycles. The van der Waals surface area contributed by atoms with Gasteiger partial charge in [0.1, 0.15) is 11.5 Å². The highest BCUT2D eigenvalue weighted by Crippen LogP contribution is 2.49. The Morgan fingerprint density at radius 3 is 2.40 bits per heavy atom. The monoisotopic (exact) mass is 510 g/mol. The summed E-state index contributed by atoms with van der Waals surface area (Å²) in [6, 6.07) is 19.3. The number of anilines is 1. The molecule has 7 heteroatoms. The molecule has 35 heavy (non-hydrogen) atoms. The zero-order valence-electron chi connectivity index (χ0n) is 19.9. The van der Waals surface area contributed by atoms with Crippen LogP contribution < -0.4 is 14.4 Å². The van der Waals surface area contributed by atoms with E-state index in [4.69, 9.17) is 32.7 Å². The number of carbonyl (C=O) groups excluding carboxylic acids is 1. The van der Waals surface area contributed by atoms with Gasteiger partial charge in [-0.05, 0) is 85.6 Å². The number of methoxy groups -OCH3 is 2. The maximum absolute atomic E-state index is 13.6. The molecule has 1 spiro atoms. The number of carbonyl (C=O) groups is 1. The second kappa shape index (κ2) is 9.73. The summed E-state index contributed by atoms with van der Waals surface area (Å²) in [7, 11) is 3.37. The second-order valence-electron chi connectivity index (χ2n) is 9.31. The summed E-state index contributed by atoms with van der Waals surface area (Å²) in [5, 5.41) is 0.879. The van der Waals surface area contributed by atoms with Gasteiger partial charge < -0.3 is 14.4 Å². The predicted octanol–water partition coefficient (Wildman–Crippen LogP) is 6.20. The van der Waals surface area contributed by atoms with E-state index in [2.05, 4.69) is 23.1 Å². The molecule has 2 heterocycles. The summed E-state index contributed by atoms with van der Waals surface area (Å²) in [6.07, 6.45) is 1.91. The molecule has 0 saturated carbocycles. The third kappa shape index (κ3) is 4.61. The number of nitrogens with zero attached hydrogens (tertiary/aromatic N) is 2. The minimum atomic E-state index is -0.122. The molecule has 1 fully saturated rings. The molecule has 0 bridgehead atoms. The SMILES string of the molecule is COc1cccc(CN2CCC3(CC2)CN(C(=O)c2ccc(Cl)cc2Cl)c2ccc(OC)cc23)c1. The summed E-state index contributed by atoms with van der Waals surface area (Å²) in [4.78, 5) is 18.0. The molecule has 5 rings (SSSR count). The van der Waals surface area contributed by atoms with Gasteiger partial charge >= 0.3 is 0 Å². The van der Waals surface area contributed by atoms with Crippen molar-refractivity contribution in [2.75, 3.05) is 38.8 Å². The number of benzene rings is 3. The summed E-state index contributed by atoms with van der Waals surface area (Å²) in [5.74, 6) is 1.58. The minimum Gasteiger partial charge on any atom is -0.497 e. The fraction of sp³-hybridized carbons (Fsp3) is 0.321. The Balaban J connectivity index is 1.40. The van der Waals surface area contributed by atoms with Crippen molar-refractivity contribution < 1.29 is 14.3 Å². The highest BCUT2D eigenvalue weighted by atomic mass is 35.5. The van der Waals surface area contributed by atoms with E-state index in [1.807, 2.05) is 29.2 Å². The fourth-order valence-corrected chi connectivity index (χ4v) is 5.85. The number of piperidine rings is 1. The molecule has 1 saturated heterocycles. The third-order valence-electron chi connectivity index (χ3n) is 7.29. The average Bonchev–Trinajstić information content (AvgIpc) is 3.18. The van der Waals surface area contributed by atoms with Gasteiger partial charge in [0.15, 0.2) is 0 Å². The van der Waals surface area contributed by atoms with Gasteiger partial charge in [-0.1, -0.05) is 35.3 Å². The first kappa shape index (κ1) is 24.0. The van der Waals surface area contributed by atoms with Gasteiger partial charge in [-0.15, -0.1) is 0 Å². The van der Waals surface area contributed by atoms with Crippen LogP contribution in [0.4, 0.5) is 5.69 Å². The summed E-state index contributed by atoms with van der Waals surface area (Å²) >= 11 is 12.5. The molecule has 0 aliphatic carbocycles. The van der Waals surface area contributed by atoms with Crippen LogP contribution in [-0.2, 0) is 12.0 Å². The Kier molecular flexibility index (Phi) is 6.67. The van der Waals surface area contributed by atoms with Gasteiger partial charge in [0, 0.05) is 29.2 Å². The van der Waals surface area contributed by atoms with E-state index in [0.29, 0.717) is 22.2 Å². The van der Waals surface area contributed by atoms with Crippen LogP contribution in [-0.4, -0.2) is 44.7 Å². The Hall–Kier alpha value is -2.73. The van der Waals surface area contributed by atoms with Crippen LogP contribution in [0.1, 0.15) is 34.3 Å². The Morgan fingerprint density at radius 2 is 1.69 bits per heavy atom. The fourth-order valence-electron chi connectivity index (χ4n) is 5.36. The maximum Gasteiger partial charge on any atom is 0.259 e. The molecule has 0 unspecified atom stereocenters. The lowest BCUT2D eigenvalue weighted by Crippen LogP contribution is -2.45. The molecule has 182 valence electrons. The summed E-state index contributed by atoms with van der Waals surface area (Å²) < 4.78 is 10.9. The van der Waals surface area contributed by atoms with Crippen LogP contribution in [0.5, 0.6) is 11.5 Å². The third-order valence-corrected chi connectivity index (χ3v) is 7.83. The summed E-state index contributed by atoms with van der Waals surface area (Å²) in [6.45, 7) is 3.39. The number of fused-ring (bicyclic) bond motifs is 2. The van der Waals surface area contributed by atoms with Gasteiger partial charge in [0.05, 0.1) is 24.8 Å². The van der Waals surface area contributed by atoms with Crippen LogP contribution >= 0.6 is 23.2 Å². The average molecular weight is 511 g/mol. The number of hydrogen-bond donors (Lipinski definition) is 0. The molecule has 0 atom stereocenters. The maximum atomic E-state index is 13.6. The van der Waals surface area contributed by atoms with E-state index in [9.17, 15) is 4.79 Å². The van der Waals surface area contributed by atoms with E-state index in [-0.39, 0.29) is 11.3 Å². The van der Waals surface area contributed by atoms with Crippen molar-refractivity contribution in [3.63, 3.8) is 0 Å². The van der Waals surface area contributed by atoms with E-state index in [1.165, 1.54) is 11.1 Å². The minimum absolute atomic E-state index is 0.103. The Labute approximate surface area is 216 Å². The lowest BCUT2D eigenvalue weighted by Gasteiger charge is -2.40. The first-order chi connectivity index (χ1) is 16.9.